The van der Waals surface area contributed by atoms with Gasteiger partial charge in [0.25, 0.3) is 0 Å². The number of fused-ring (bicyclic) bond motifs is 3. The van der Waals surface area contributed by atoms with Gasteiger partial charge in [-0.1, -0.05) is 0 Å². The van der Waals surface area contributed by atoms with E-state index in [4.69, 9.17) is 39.1 Å². The molecule has 0 aromatic carbocycles. The van der Waals surface area contributed by atoms with Crippen molar-refractivity contribution in [2.45, 2.75) is 12.7 Å². The van der Waals surface area contributed by atoms with E-state index in [-0.39, 0.29) is 6.42 Å². The molecule has 0 spiro atoms. The van der Waals surface area contributed by atoms with Gasteiger partial charge in [-0.25, -0.2) is 0 Å². The van der Waals surface area contributed by atoms with Crippen LogP contribution in [0.25, 0.3) is 0 Å². The molecule has 3 aliphatic heterocycles. The zero-order valence-corrected chi connectivity index (χ0v) is 11.4. The molecule has 0 aromatic heterocycles. The largest absolute Gasteiger partial charge is 0.396 e. The van der Waals surface area contributed by atoms with Gasteiger partial charge in [-0.15, -0.1) is 0 Å². The van der Waals surface area contributed by atoms with Crippen molar-refractivity contribution < 1.29 is 39.1 Å². The van der Waals surface area contributed by atoms with Crippen LogP contribution in [0.4, 0.5) is 0 Å². The number of aliphatic hydroxyl groups is 5. The second kappa shape index (κ2) is 8.41. The first-order valence-corrected chi connectivity index (χ1v) is 7.02. The van der Waals surface area contributed by atoms with E-state index in [9.17, 15) is 0 Å². The smallest absolute Gasteiger partial charge is 0.332 e. The summed E-state index contributed by atoms with van der Waals surface area (Å²) in [5, 5.41) is 43.1. The molecule has 5 N–H and O–H groups in total. The van der Waals surface area contributed by atoms with Crippen LogP contribution in [-0.4, -0.2) is 71.5 Å². The third-order valence-electron chi connectivity index (χ3n) is 2.87. The Morgan fingerprint density at radius 2 is 1.37 bits per heavy atom. The van der Waals surface area contributed by atoms with E-state index in [2.05, 4.69) is 0 Å². The first kappa shape index (κ1) is 17.2. The van der Waals surface area contributed by atoms with E-state index in [0.29, 0.717) is 5.92 Å². The Balaban J connectivity index is 0.000000196. The summed E-state index contributed by atoms with van der Waals surface area (Å²) in [6, 6.07) is 0. The molecule has 3 saturated heterocycles. The second-order valence-electron chi connectivity index (χ2n) is 4.64. The molecule has 0 atom stereocenters. The molecule has 0 saturated carbocycles. The third-order valence-corrected chi connectivity index (χ3v) is 3.95. The third kappa shape index (κ3) is 5.55. The van der Waals surface area contributed by atoms with Crippen molar-refractivity contribution in [3.05, 3.63) is 0 Å². The molecule has 0 aromatic rings. The molecule has 8 nitrogen and oxygen atoms in total. The first-order chi connectivity index (χ1) is 9.05. The number of rotatable bonds is 5. The minimum Gasteiger partial charge on any atom is -0.396 e. The average Bonchev–Trinajstić information content (AvgIpc) is 2.47. The maximum Gasteiger partial charge on any atom is 0.332 e. The Bertz CT molecular complexity index is 208. The maximum absolute atomic E-state index is 8.68. The highest BCUT2D eigenvalue weighted by molar-refractivity contribution is 7.41. The van der Waals surface area contributed by atoms with Crippen LogP contribution < -0.4 is 0 Å². The fraction of sp³-hybridized carbons (Fsp3) is 1.00. The molecule has 3 rings (SSSR count). The van der Waals surface area contributed by atoms with Crippen LogP contribution in [-0.2, 0) is 13.6 Å². The van der Waals surface area contributed by atoms with E-state index in [1.165, 1.54) is 0 Å². The van der Waals surface area contributed by atoms with E-state index in [1.807, 2.05) is 0 Å². The van der Waals surface area contributed by atoms with Crippen molar-refractivity contribution >= 4 is 8.60 Å². The molecule has 0 unspecified atom stereocenters. The number of aliphatic hydroxyl groups excluding tert-OH is 4. The molecular formula is C10H21O8P. The van der Waals surface area contributed by atoms with Gasteiger partial charge in [0, 0.05) is 17.8 Å². The Labute approximate surface area is 112 Å². The number of hydrogen-bond acceptors (Lipinski definition) is 8. The van der Waals surface area contributed by atoms with Crippen molar-refractivity contribution in [2.24, 2.45) is 11.3 Å². The van der Waals surface area contributed by atoms with Gasteiger partial charge >= 0.3 is 8.60 Å². The minimum absolute atomic E-state index is 0.240. The minimum atomic E-state index is -1.62. The summed E-state index contributed by atoms with van der Waals surface area (Å²) in [7, 11) is -0.904. The molecule has 114 valence electrons. The normalized spacial score (nSPS) is 26.2. The monoisotopic (exact) mass is 300 g/mol. The molecule has 0 radical (unpaired) electrons. The molecule has 0 amide bonds. The van der Waals surface area contributed by atoms with Crippen LogP contribution in [0.5, 0.6) is 0 Å². The van der Waals surface area contributed by atoms with Gasteiger partial charge in [0.1, 0.15) is 0 Å². The van der Waals surface area contributed by atoms with Crippen LogP contribution in [0.2, 0.25) is 0 Å². The topological polar surface area (TPSA) is 129 Å². The van der Waals surface area contributed by atoms with Gasteiger partial charge in [0.2, 0.25) is 0 Å². The van der Waals surface area contributed by atoms with Crippen molar-refractivity contribution in [2.75, 3.05) is 39.6 Å². The summed E-state index contributed by atoms with van der Waals surface area (Å²) in [5.41, 5.74) is -1.19. The predicted octanol–water partition coefficient (Wildman–Crippen LogP) is -1.44. The summed E-state index contributed by atoms with van der Waals surface area (Å²) in [4.78, 5) is 0. The van der Waals surface area contributed by atoms with Crippen LogP contribution in [0, 0.1) is 11.3 Å². The SMILES string of the molecule is C1OP2OCC1CO2.OCC(CO)(CO)CC(O)O. The van der Waals surface area contributed by atoms with Gasteiger partial charge < -0.3 is 39.1 Å². The summed E-state index contributed by atoms with van der Waals surface area (Å²) >= 11 is 0. The van der Waals surface area contributed by atoms with E-state index >= 15 is 0 Å². The standard InChI is InChI=1S/C6H14O5.C4H7O3P/c7-2-6(3-8,4-9)1-5(10)11;1-4-2-6-8(5-1)7-3-4/h5,7-11H,1-4H2;4H,1-3H2. The molecule has 9 heteroatoms. The van der Waals surface area contributed by atoms with Crippen LogP contribution in [0.1, 0.15) is 6.42 Å². The molecule has 3 heterocycles. The summed E-state index contributed by atoms with van der Waals surface area (Å²) in [6.07, 6.45) is -1.86. The zero-order chi connectivity index (χ0) is 14.3. The number of hydrogen-bond donors (Lipinski definition) is 5. The highest BCUT2D eigenvalue weighted by atomic mass is 31.2. The molecule has 0 aliphatic carbocycles. The van der Waals surface area contributed by atoms with Gasteiger partial charge in [0.15, 0.2) is 6.29 Å². The lowest BCUT2D eigenvalue weighted by molar-refractivity contribution is -0.106. The van der Waals surface area contributed by atoms with E-state index in [0.717, 1.165) is 19.8 Å². The Morgan fingerprint density at radius 1 is 0.947 bits per heavy atom. The maximum atomic E-state index is 8.68. The zero-order valence-electron chi connectivity index (χ0n) is 10.5. The van der Waals surface area contributed by atoms with Crippen LogP contribution in [0.3, 0.4) is 0 Å². The summed E-state index contributed by atoms with van der Waals surface area (Å²) in [5.74, 6) is 0.502. The van der Waals surface area contributed by atoms with E-state index in [1.54, 1.807) is 0 Å². The average molecular weight is 300 g/mol. The van der Waals surface area contributed by atoms with Crippen molar-refractivity contribution in [1.82, 2.24) is 0 Å². The second-order valence-corrected chi connectivity index (χ2v) is 5.86. The summed E-state index contributed by atoms with van der Waals surface area (Å²) in [6.45, 7) is 1.09. The predicted molar refractivity (Wildman–Crippen MR) is 64.8 cm³/mol. The first-order valence-electron chi connectivity index (χ1n) is 5.93. The fourth-order valence-electron chi connectivity index (χ4n) is 1.49. The fourth-order valence-corrected chi connectivity index (χ4v) is 2.71. The molecular weight excluding hydrogens is 279 g/mol. The van der Waals surface area contributed by atoms with Gasteiger partial charge in [0.05, 0.1) is 39.6 Å². The van der Waals surface area contributed by atoms with Crippen molar-refractivity contribution in [3.8, 4) is 0 Å². The molecule has 3 aliphatic rings. The van der Waals surface area contributed by atoms with Gasteiger partial charge in [-0.05, 0) is 0 Å². The van der Waals surface area contributed by atoms with E-state index < -0.39 is 40.1 Å². The Kier molecular flexibility index (Phi) is 7.60. The molecule has 19 heavy (non-hydrogen) atoms. The van der Waals surface area contributed by atoms with Crippen LogP contribution in [0.15, 0.2) is 0 Å². The lowest BCUT2D eigenvalue weighted by Crippen LogP contribution is -2.37. The highest BCUT2D eigenvalue weighted by Gasteiger charge is 2.31. The van der Waals surface area contributed by atoms with Crippen molar-refractivity contribution in [1.29, 1.82) is 0 Å². The van der Waals surface area contributed by atoms with Crippen LogP contribution >= 0.6 is 8.60 Å². The van der Waals surface area contributed by atoms with Gasteiger partial charge in [-0.3, -0.25) is 0 Å². The lowest BCUT2D eigenvalue weighted by atomic mass is 9.87. The molecule has 3 fully saturated rings. The lowest BCUT2D eigenvalue weighted by Gasteiger charge is -2.33. The van der Waals surface area contributed by atoms with Gasteiger partial charge in [-0.2, -0.15) is 0 Å². The summed E-state index contributed by atoms with van der Waals surface area (Å²) < 4.78 is 15.3. The highest BCUT2D eigenvalue weighted by Crippen LogP contribution is 2.48. The molecule has 2 bridgehead atoms. The Hall–Kier alpha value is 0.110. The van der Waals surface area contributed by atoms with Crippen molar-refractivity contribution in [3.63, 3.8) is 0 Å². The Morgan fingerprint density at radius 3 is 1.47 bits per heavy atom. The quantitative estimate of drug-likeness (QED) is 0.308.